The van der Waals surface area contributed by atoms with E-state index in [0.717, 1.165) is 5.69 Å². The second-order valence-corrected chi connectivity index (χ2v) is 8.84. The summed E-state index contributed by atoms with van der Waals surface area (Å²) in [6.07, 6.45) is 2.04. The highest BCUT2D eigenvalue weighted by Gasteiger charge is 2.35. The third-order valence-electron chi connectivity index (χ3n) is 3.87. The van der Waals surface area contributed by atoms with E-state index in [-0.39, 0.29) is 29.2 Å². The Hall–Kier alpha value is -1.87. The molecule has 2 aromatic rings. The highest BCUT2D eigenvalue weighted by Crippen LogP contribution is 2.26. The van der Waals surface area contributed by atoms with Gasteiger partial charge in [-0.05, 0) is 18.6 Å². The van der Waals surface area contributed by atoms with Gasteiger partial charge in [-0.25, -0.2) is 8.42 Å². The molecular weight excluding hydrogens is 348 g/mol. The number of aryl methyl sites for hydroxylation is 1. The largest absolute Gasteiger partial charge is 0.312 e. The monoisotopic (exact) mass is 366 g/mol. The normalized spacial score (nSPS) is 19.3. The summed E-state index contributed by atoms with van der Waals surface area (Å²) < 4.78 is 25.4. The maximum atomic E-state index is 12.8. The van der Waals surface area contributed by atoms with Crippen LogP contribution in [0.1, 0.15) is 6.42 Å². The summed E-state index contributed by atoms with van der Waals surface area (Å²) in [6.45, 7) is 0. The van der Waals surface area contributed by atoms with Crippen LogP contribution >= 0.6 is 11.8 Å². The molecular formula is C15H18N4O3S2. The minimum absolute atomic E-state index is 0.0161. The van der Waals surface area contributed by atoms with Crippen molar-refractivity contribution in [3.05, 3.63) is 36.7 Å². The lowest BCUT2D eigenvalue weighted by Gasteiger charge is -2.28. The van der Waals surface area contributed by atoms with Gasteiger partial charge in [0.15, 0.2) is 15.0 Å². The summed E-state index contributed by atoms with van der Waals surface area (Å²) in [7, 11) is -1.26. The molecule has 3 rings (SSSR count). The Labute approximate surface area is 145 Å². The van der Waals surface area contributed by atoms with Gasteiger partial charge in [-0.3, -0.25) is 4.79 Å². The van der Waals surface area contributed by atoms with Crippen molar-refractivity contribution in [3.8, 4) is 0 Å². The Bertz CT molecular complexity index is 820. The van der Waals surface area contributed by atoms with E-state index in [1.54, 1.807) is 15.8 Å². The van der Waals surface area contributed by atoms with E-state index in [1.807, 2.05) is 37.4 Å². The molecule has 9 heteroatoms. The summed E-state index contributed by atoms with van der Waals surface area (Å²) in [5, 5.41) is 8.39. The molecule has 1 amide bonds. The van der Waals surface area contributed by atoms with Crippen molar-refractivity contribution in [1.82, 2.24) is 14.8 Å². The van der Waals surface area contributed by atoms with Crippen LogP contribution in [0.5, 0.6) is 0 Å². The van der Waals surface area contributed by atoms with Crippen LogP contribution in [0.2, 0.25) is 0 Å². The number of aromatic nitrogens is 3. The molecule has 0 unspecified atom stereocenters. The number of anilines is 1. The first kappa shape index (κ1) is 17.0. The van der Waals surface area contributed by atoms with Crippen LogP contribution in [0, 0.1) is 0 Å². The Kier molecular flexibility index (Phi) is 4.91. The highest BCUT2D eigenvalue weighted by atomic mass is 32.2. The van der Waals surface area contributed by atoms with Crippen LogP contribution in [0.25, 0.3) is 0 Å². The van der Waals surface area contributed by atoms with E-state index in [9.17, 15) is 13.2 Å². The maximum Gasteiger partial charge on any atom is 0.237 e. The molecule has 128 valence electrons. The number of amides is 1. The summed E-state index contributed by atoms with van der Waals surface area (Å²) in [4.78, 5) is 14.4. The molecule has 0 aliphatic carbocycles. The van der Waals surface area contributed by atoms with Crippen LogP contribution in [0.3, 0.4) is 0 Å². The highest BCUT2D eigenvalue weighted by molar-refractivity contribution is 7.99. The standard InChI is InChI=1S/C15H18N4O3S2/c1-18-11-16-17-15(18)23-9-14(20)19(12-5-3-2-4-6-12)13-7-8-24(21,22)10-13/h2-6,11,13H,7-10H2,1H3/t13-/m1/s1. The number of rotatable bonds is 5. The summed E-state index contributed by atoms with van der Waals surface area (Å²) in [5.41, 5.74) is 0.725. The predicted molar refractivity (Wildman–Crippen MR) is 92.7 cm³/mol. The molecule has 1 aliphatic rings. The van der Waals surface area contributed by atoms with Crippen molar-refractivity contribution < 1.29 is 13.2 Å². The van der Waals surface area contributed by atoms with Gasteiger partial charge in [0.2, 0.25) is 5.91 Å². The summed E-state index contributed by atoms with van der Waals surface area (Å²) >= 11 is 1.29. The van der Waals surface area contributed by atoms with Gasteiger partial charge in [0.25, 0.3) is 0 Å². The molecule has 7 nitrogen and oxygen atoms in total. The molecule has 0 bridgehead atoms. The molecule has 1 saturated heterocycles. The lowest BCUT2D eigenvalue weighted by molar-refractivity contribution is -0.116. The maximum absolute atomic E-state index is 12.8. The number of nitrogens with zero attached hydrogens (tertiary/aromatic N) is 4. The number of carbonyl (C=O) groups is 1. The van der Waals surface area contributed by atoms with Crippen molar-refractivity contribution in [2.45, 2.75) is 17.6 Å². The van der Waals surface area contributed by atoms with E-state index < -0.39 is 9.84 Å². The van der Waals surface area contributed by atoms with Gasteiger partial charge in [0.05, 0.1) is 23.3 Å². The van der Waals surface area contributed by atoms with Crippen molar-refractivity contribution in [2.75, 3.05) is 22.2 Å². The van der Waals surface area contributed by atoms with Crippen molar-refractivity contribution in [1.29, 1.82) is 0 Å². The number of carbonyl (C=O) groups excluding carboxylic acids is 1. The number of hydrogen-bond donors (Lipinski definition) is 0. The second-order valence-electron chi connectivity index (χ2n) is 5.67. The summed E-state index contributed by atoms with van der Waals surface area (Å²) in [5.74, 6) is 0.196. The summed E-state index contributed by atoms with van der Waals surface area (Å²) in [6, 6.07) is 8.89. The fraction of sp³-hybridized carbons (Fsp3) is 0.400. The van der Waals surface area contributed by atoms with Gasteiger partial charge in [-0.15, -0.1) is 10.2 Å². The number of sulfone groups is 1. The Balaban J connectivity index is 1.79. The van der Waals surface area contributed by atoms with E-state index in [4.69, 9.17) is 0 Å². The van der Waals surface area contributed by atoms with Gasteiger partial charge in [-0.1, -0.05) is 30.0 Å². The van der Waals surface area contributed by atoms with Crippen LogP contribution < -0.4 is 4.90 Å². The molecule has 24 heavy (non-hydrogen) atoms. The zero-order chi connectivity index (χ0) is 17.2. The molecule has 1 atom stereocenters. The van der Waals surface area contributed by atoms with E-state index >= 15 is 0 Å². The molecule has 0 spiro atoms. The molecule has 0 saturated carbocycles. The molecule has 1 aromatic carbocycles. The first-order chi connectivity index (χ1) is 11.5. The minimum Gasteiger partial charge on any atom is -0.312 e. The van der Waals surface area contributed by atoms with Crippen LogP contribution in [-0.4, -0.2) is 52.4 Å². The fourth-order valence-electron chi connectivity index (χ4n) is 2.73. The third kappa shape index (κ3) is 3.78. The average molecular weight is 366 g/mol. The molecule has 1 aliphatic heterocycles. The molecule has 0 radical (unpaired) electrons. The molecule has 1 fully saturated rings. The minimum atomic E-state index is -3.07. The smallest absolute Gasteiger partial charge is 0.237 e. The second kappa shape index (κ2) is 6.94. The first-order valence-electron chi connectivity index (χ1n) is 7.50. The Morgan fingerprint density at radius 1 is 1.38 bits per heavy atom. The van der Waals surface area contributed by atoms with Crippen LogP contribution in [0.4, 0.5) is 5.69 Å². The number of para-hydroxylation sites is 1. The first-order valence-corrected chi connectivity index (χ1v) is 10.3. The SMILES string of the molecule is Cn1cnnc1SCC(=O)N(c1ccccc1)[C@@H]1CCS(=O)(=O)C1. The van der Waals surface area contributed by atoms with E-state index in [0.29, 0.717) is 11.6 Å². The van der Waals surface area contributed by atoms with Crippen LogP contribution in [0.15, 0.2) is 41.8 Å². The van der Waals surface area contributed by atoms with Gasteiger partial charge >= 0.3 is 0 Å². The zero-order valence-corrected chi connectivity index (χ0v) is 14.8. The quantitative estimate of drug-likeness (QED) is 0.738. The number of thioether (sulfide) groups is 1. The van der Waals surface area contributed by atoms with E-state index in [1.165, 1.54) is 11.8 Å². The Morgan fingerprint density at radius 2 is 2.12 bits per heavy atom. The fourth-order valence-corrected chi connectivity index (χ4v) is 5.17. The van der Waals surface area contributed by atoms with Gasteiger partial charge in [0, 0.05) is 12.7 Å². The Morgan fingerprint density at radius 3 is 2.71 bits per heavy atom. The molecule has 2 heterocycles. The van der Waals surface area contributed by atoms with Gasteiger partial charge in [-0.2, -0.15) is 0 Å². The third-order valence-corrected chi connectivity index (χ3v) is 6.64. The van der Waals surface area contributed by atoms with Gasteiger partial charge < -0.3 is 9.47 Å². The van der Waals surface area contributed by atoms with Crippen molar-refractivity contribution >= 4 is 33.2 Å². The number of benzene rings is 1. The average Bonchev–Trinajstić information content (AvgIpc) is 3.12. The molecule has 1 aromatic heterocycles. The van der Waals surface area contributed by atoms with Gasteiger partial charge in [0.1, 0.15) is 6.33 Å². The van der Waals surface area contributed by atoms with Crippen molar-refractivity contribution in [2.24, 2.45) is 7.05 Å². The molecule has 0 N–H and O–H groups in total. The van der Waals surface area contributed by atoms with E-state index in [2.05, 4.69) is 10.2 Å². The topological polar surface area (TPSA) is 85.2 Å². The van der Waals surface area contributed by atoms with Crippen molar-refractivity contribution in [3.63, 3.8) is 0 Å². The lowest BCUT2D eigenvalue weighted by Crippen LogP contribution is -2.42. The lowest BCUT2D eigenvalue weighted by atomic mass is 10.2. The number of hydrogen-bond acceptors (Lipinski definition) is 6. The van der Waals surface area contributed by atoms with Crippen LogP contribution in [-0.2, 0) is 21.7 Å². The predicted octanol–water partition coefficient (Wildman–Crippen LogP) is 1.13. The zero-order valence-electron chi connectivity index (χ0n) is 13.2.